The number of aromatic nitrogens is 2. The summed E-state index contributed by atoms with van der Waals surface area (Å²) in [5, 5.41) is 7.83. The van der Waals surface area contributed by atoms with Gasteiger partial charge in [0.05, 0.1) is 25.4 Å². The van der Waals surface area contributed by atoms with Crippen molar-refractivity contribution in [3.05, 3.63) is 65.9 Å². The lowest BCUT2D eigenvalue weighted by molar-refractivity contribution is -0.130. The number of rotatable bonds is 12. The Morgan fingerprint density at radius 1 is 0.907 bits per heavy atom. The number of alkyl halides is 3. The van der Waals surface area contributed by atoms with Crippen molar-refractivity contribution >= 4 is 21.7 Å². The predicted octanol–water partition coefficient (Wildman–Crippen LogP) is 4.28. The second kappa shape index (κ2) is 14.0. The molecule has 1 N–H and O–H groups in total. The van der Waals surface area contributed by atoms with Crippen LogP contribution in [0.5, 0.6) is 11.5 Å². The van der Waals surface area contributed by atoms with Crippen molar-refractivity contribution in [3.63, 3.8) is 0 Å². The van der Waals surface area contributed by atoms with Crippen molar-refractivity contribution in [3.8, 4) is 22.6 Å². The van der Waals surface area contributed by atoms with Crippen LogP contribution in [0.1, 0.15) is 36.3 Å². The van der Waals surface area contributed by atoms with Gasteiger partial charge < -0.3 is 14.4 Å². The normalized spacial score (nSPS) is 14.4. The van der Waals surface area contributed by atoms with Gasteiger partial charge in [-0.25, -0.2) is 13.1 Å². The third-order valence-corrected chi connectivity index (χ3v) is 7.88. The molecule has 4 rings (SSSR count). The van der Waals surface area contributed by atoms with Crippen LogP contribution >= 0.6 is 0 Å². The van der Waals surface area contributed by atoms with Crippen LogP contribution in [0.3, 0.4) is 0 Å². The molecule has 3 aromatic rings. The number of amides is 1. The highest BCUT2D eigenvalue weighted by atomic mass is 32.2. The van der Waals surface area contributed by atoms with Gasteiger partial charge in [0, 0.05) is 32.7 Å². The number of piperazine rings is 1. The molecule has 0 bridgehead atoms. The standard InChI is InChI=1S/C29H34F3N5O5S/c1-3-41-24-7-5-6-22(18-24)23-16-21(17-25(19-23)42-4-2)20-36-11-13-37(14-12-36)27-9-8-26(33-34-27)28(38)35-43(39,40)15-10-29(30,31)32/h5-9,16-19H,3-4,10-15,20H2,1-2H3,(H,35,38). The number of benzene rings is 2. The maximum atomic E-state index is 12.3. The Morgan fingerprint density at radius 2 is 1.60 bits per heavy atom. The van der Waals surface area contributed by atoms with Gasteiger partial charge >= 0.3 is 6.18 Å². The maximum absolute atomic E-state index is 12.3. The van der Waals surface area contributed by atoms with Crippen molar-refractivity contribution in [1.29, 1.82) is 0 Å². The van der Waals surface area contributed by atoms with Gasteiger partial charge in [0.2, 0.25) is 10.0 Å². The third-order valence-electron chi connectivity index (χ3n) is 6.64. The number of hydrogen-bond acceptors (Lipinski definition) is 9. The number of nitrogens with zero attached hydrogens (tertiary/aromatic N) is 4. The average Bonchev–Trinajstić information content (AvgIpc) is 2.97. The molecule has 2 heterocycles. The largest absolute Gasteiger partial charge is 0.494 e. The second-order valence-electron chi connectivity index (χ2n) is 9.91. The van der Waals surface area contributed by atoms with E-state index in [0.29, 0.717) is 38.7 Å². The molecule has 0 radical (unpaired) electrons. The fraction of sp³-hybridized carbons (Fsp3) is 0.414. The summed E-state index contributed by atoms with van der Waals surface area (Å²) >= 11 is 0. The monoisotopic (exact) mass is 621 g/mol. The van der Waals surface area contributed by atoms with E-state index >= 15 is 0 Å². The summed E-state index contributed by atoms with van der Waals surface area (Å²) in [6.07, 6.45) is -6.22. The third kappa shape index (κ3) is 9.55. The van der Waals surface area contributed by atoms with Gasteiger partial charge in [-0.15, -0.1) is 10.2 Å². The van der Waals surface area contributed by atoms with Crippen LogP contribution in [0.25, 0.3) is 11.1 Å². The molecule has 1 aliphatic heterocycles. The summed E-state index contributed by atoms with van der Waals surface area (Å²) in [4.78, 5) is 16.5. The number of halogens is 3. The van der Waals surface area contributed by atoms with Crippen molar-refractivity contribution in [1.82, 2.24) is 19.8 Å². The minimum absolute atomic E-state index is 0.310. The molecule has 1 aliphatic rings. The molecule has 1 amide bonds. The van der Waals surface area contributed by atoms with Crippen LogP contribution in [0, 0.1) is 0 Å². The van der Waals surface area contributed by atoms with Gasteiger partial charge in [-0.2, -0.15) is 13.2 Å². The quantitative estimate of drug-likeness (QED) is 0.317. The number of nitrogens with one attached hydrogen (secondary N) is 1. The Morgan fingerprint density at radius 3 is 2.26 bits per heavy atom. The molecule has 232 valence electrons. The van der Waals surface area contributed by atoms with Gasteiger partial charge in [-0.05, 0) is 73.0 Å². The summed E-state index contributed by atoms with van der Waals surface area (Å²) < 4.78 is 73.8. The number of sulfonamides is 1. The molecular weight excluding hydrogens is 587 g/mol. The molecule has 10 nitrogen and oxygen atoms in total. The van der Waals surface area contributed by atoms with Crippen molar-refractivity contribution < 1.29 is 35.9 Å². The lowest BCUT2D eigenvalue weighted by atomic mass is 10.0. The molecule has 1 saturated heterocycles. The molecular formula is C29H34F3N5O5S. The zero-order valence-corrected chi connectivity index (χ0v) is 24.7. The molecule has 0 saturated carbocycles. The Kier molecular flexibility index (Phi) is 10.5. The van der Waals surface area contributed by atoms with E-state index in [1.807, 2.05) is 55.1 Å². The fourth-order valence-corrected chi connectivity index (χ4v) is 5.59. The molecule has 14 heteroatoms. The van der Waals surface area contributed by atoms with Crippen LogP contribution in [-0.2, 0) is 16.6 Å². The average molecular weight is 622 g/mol. The maximum Gasteiger partial charge on any atom is 0.390 e. The number of ether oxygens (including phenoxy) is 2. The van der Waals surface area contributed by atoms with E-state index < -0.39 is 34.3 Å². The van der Waals surface area contributed by atoms with Crippen molar-refractivity contribution in [2.45, 2.75) is 33.0 Å². The summed E-state index contributed by atoms with van der Waals surface area (Å²) in [5.74, 6) is -0.281. The first-order valence-corrected chi connectivity index (χ1v) is 15.5. The van der Waals surface area contributed by atoms with E-state index in [1.165, 1.54) is 12.1 Å². The Balaban J connectivity index is 1.35. The number of carbonyl (C=O) groups is 1. The summed E-state index contributed by atoms with van der Waals surface area (Å²) in [7, 11) is -4.47. The fourth-order valence-electron chi connectivity index (χ4n) is 4.60. The highest BCUT2D eigenvalue weighted by Gasteiger charge is 2.31. The van der Waals surface area contributed by atoms with E-state index in [9.17, 15) is 26.4 Å². The molecule has 2 aromatic carbocycles. The molecule has 0 atom stereocenters. The summed E-state index contributed by atoms with van der Waals surface area (Å²) in [6, 6.07) is 17.0. The van der Waals surface area contributed by atoms with Crippen molar-refractivity contribution in [2.24, 2.45) is 0 Å². The van der Waals surface area contributed by atoms with E-state index in [-0.39, 0.29) is 5.69 Å². The molecule has 0 spiro atoms. The van der Waals surface area contributed by atoms with Crippen LogP contribution in [0.15, 0.2) is 54.6 Å². The first kappa shape index (κ1) is 32.0. The minimum atomic E-state index is -4.66. The first-order valence-electron chi connectivity index (χ1n) is 13.9. The van der Waals surface area contributed by atoms with Crippen LogP contribution in [0.4, 0.5) is 19.0 Å². The number of carbonyl (C=O) groups excluding carboxylic acids is 1. The first-order chi connectivity index (χ1) is 20.4. The smallest absolute Gasteiger partial charge is 0.390 e. The van der Waals surface area contributed by atoms with Gasteiger partial charge in [-0.3, -0.25) is 9.69 Å². The predicted molar refractivity (Wildman–Crippen MR) is 156 cm³/mol. The zero-order chi connectivity index (χ0) is 31.0. The van der Waals surface area contributed by atoms with Gasteiger partial charge in [0.1, 0.15) is 11.5 Å². The molecule has 0 aliphatic carbocycles. The van der Waals surface area contributed by atoms with Crippen molar-refractivity contribution in [2.75, 3.05) is 50.0 Å². The van der Waals surface area contributed by atoms with E-state index in [2.05, 4.69) is 21.2 Å². The van der Waals surface area contributed by atoms with E-state index in [1.54, 1.807) is 4.72 Å². The Bertz CT molecular complexity index is 1500. The van der Waals surface area contributed by atoms with Gasteiger partial charge in [-0.1, -0.05) is 12.1 Å². The molecule has 0 unspecified atom stereocenters. The summed E-state index contributed by atoms with van der Waals surface area (Å²) in [6.45, 7) is 8.49. The Labute approximate surface area is 248 Å². The lowest BCUT2D eigenvalue weighted by Gasteiger charge is -2.35. The van der Waals surface area contributed by atoms with E-state index in [4.69, 9.17) is 9.47 Å². The van der Waals surface area contributed by atoms with E-state index in [0.717, 1.165) is 41.3 Å². The summed E-state index contributed by atoms with van der Waals surface area (Å²) in [5.41, 5.74) is 2.87. The van der Waals surface area contributed by atoms with Crippen LogP contribution < -0.4 is 19.1 Å². The molecule has 43 heavy (non-hydrogen) atoms. The second-order valence-corrected chi connectivity index (χ2v) is 11.8. The van der Waals surface area contributed by atoms with Gasteiger partial charge in [0.15, 0.2) is 11.5 Å². The molecule has 1 fully saturated rings. The molecule has 1 aromatic heterocycles. The zero-order valence-electron chi connectivity index (χ0n) is 23.9. The topological polar surface area (TPSA) is 114 Å². The highest BCUT2D eigenvalue weighted by Crippen LogP contribution is 2.30. The highest BCUT2D eigenvalue weighted by molar-refractivity contribution is 7.90. The number of hydrogen-bond donors (Lipinski definition) is 1. The van der Waals surface area contributed by atoms with Gasteiger partial charge in [0.25, 0.3) is 5.91 Å². The van der Waals surface area contributed by atoms with Crippen LogP contribution in [-0.4, -0.2) is 80.7 Å². The Hall–Kier alpha value is -3.91. The number of anilines is 1. The SMILES string of the molecule is CCOc1cccc(-c2cc(CN3CCN(c4ccc(C(=O)NS(=O)(=O)CCC(F)(F)F)nn4)CC3)cc(OCC)c2)c1. The lowest BCUT2D eigenvalue weighted by Crippen LogP contribution is -2.46. The van der Waals surface area contributed by atoms with Crippen LogP contribution in [0.2, 0.25) is 0 Å². The minimum Gasteiger partial charge on any atom is -0.494 e.